The monoisotopic (exact) mass is 384 g/mol. The lowest BCUT2D eigenvalue weighted by Crippen LogP contribution is -2.57. The molecule has 9 heteroatoms. The van der Waals surface area contributed by atoms with Crippen molar-refractivity contribution in [2.45, 2.75) is 52.1 Å². The van der Waals surface area contributed by atoms with E-state index in [4.69, 9.17) is 5.73 Å². The lowest BCUT2D eigenvalue weighted by atomic mass is 9.96. The first-order chi connectivity index (χ1) is 11.7. The normalized spacial score (nSPS) is 19.6. The summed E-state index contributed by atoms with van der Waals surface area (Å²) in [5.41, 5.74) is 4.73. The van der Waals surface area contributed by atoms with E-state index < -0.39 is 5.54 Å². The zero-order valence-electron chi connectivity index (χ0n) is 15.8. The smallest absolute Gasteiger partial charge is 0.245 e. The van der Waals surface area contributed by atoms with Crippen molar-refractivity contribution < 1.29 is 9.59 Å². The summed E-state index contributed by atoms with van der Waals surface area (Å²) in [4.78, 5) is 34.2. The predicted octanol–water partition coefficient (Wildman–Crippen LogP) is 1.12. The summed E-state index contributed by atoms with van der Waals surface area (Å²) in [5, 5.41) is 5.79. The summed E-state index contributed by atoms with van der Waals surface area (Å²) in [6.07, 6.45) is 3.67. The Bertz CT molecular complexity index is 639. The molecule has 2 rings (SSSR count). The quantitative estimate of drug-likeness (QED) is 0.677. The van der Waals surface area contributed by atoms with Gasteiger partial charge in [-0.25, -0.2) is 4.98 Å². The summed E-state index contributed by atoms with van der Waals surface area (Å²) >= 11 is 0. The molecule has 2 amide bonds. The van der Waals surface area contributed by atoms with Crippen LogP contribution in [-0.4, -0.2) is 46.5 Å². The fraction of sp³-hybridized carbons (Fsp3) is 0.647. The minimum absolute atomic E-state index is 0. The molecular weight excluding hydrogens is 356 g/mol. The topological polar surface area (TPSA) is 113 Å². The molecule has 1 fully saturated rings. The van der Waals surface area contributed by atoms with Gasteiger partial charge in [0.1, 0.15) is 11.4 Å². The van der Waals surface area contributed by atoms with Gasteiger partial charge < -0.3 is 21.3 Å². The van der Waals surface area contributed by atoms with Gasteiger partial charge in [-0.1, -0.05) is 13.3 Å². The van der Waals surface area contributed by atoms with Crippen LogP contribution in [0.3, 0.4) is 0 Å². The Morgan fingerprint density at radius 3 is 2.65 bits per heavy atom. The van der Waals surface area contributed by atoms with Crippen LogP contribution < -0.4 is 21.3 Å². The van der Waals surface area contributed by atoms with Gasteiger partial charge in [0.25, 0.3) is 0 Å². The van der Waals surface area contributed by atoms with Crippen LogP contribution in [0.2, 0.25) is 0 Å². The molecule has 1 aliphatic heterocycles. The average molecular weight is 385 g/mol. The van der Waals surface area contributed by atoms with E-state index in [1.54, 1.807) is 20.0 Å². The van der Waals surface area contributed by atoms with E-state index in [9.17, 15) is 9.59 Å². The number of aromatic nitrogens is 2. The van der Waals surface area contributed by atoms with Crippen LogP contribution in [0, 0.1) is 5.92 Å². The molecule has 0 aliphatic carbocycles. The molecule has 1 aromatic heterocycles. The molecule has 26 heavy (non-hydrogen) atoms. The van der Waals surface area contributed by atoms with Crippen molar-refractivity contribution in [3.63, 3.8) is 0 Å². The number of nitrogens with one attached hydrogen (secondary N) is 2. The summed E-state index contributed by atoms with van der Waals surface area (Å²) in [6, 6.07) is 1.82. The Morgan fingerprint density at radius 1 is 1.38 bits per heavy atom. The molecule has 1 aromatic rings. The largest absolute Gasteiger partial charge is 0.368 e. The Hall–Kier alpha value is -2.09. The second kappa shape index (κ2) is 9.02. The minimum atomic E-state index is -0.949. The third-order valence-corrected chi connectivity index (χ3v) is 4.46. The molecule has 0 unspecified atom stereocenters. The first-order valence-electron chi connectivity index (χ1n) is 8.66. The highest BCUT2D eigenvalue weighted by molar-refractivity contribution is 5.90. The molecule has 0 radical (unpaired) electrons. The number of nitrogens with zero attached hydrogens (tertiary/aromatic N) is 3. The highest BCUT2D eigenvalue weighted by atomic mass is 35.5. The van der Waals surface area contributed by atoms with Gasteiger partial charge in [0.2, 0.25) is 17.8 Å². The maximum absolute atomic E-state index is 12.6. The molecule has 146 valence electrons. The van der Waals surface area contributed by atoms with Gasteiger partial charge in [-0.3, -0.25) is 9.59 Å². The van der Waals surface area contributed by atoms with Crippen molar-refractivity contribution in [3.05, 3.63) is 12.3 Å². The van der Waals surface area contributed by atoms with Gasteiger partial charge in [-0.05, 0) is 32.3 Å². The molecule has 8 nitrogen and oxygen atoms in total. The number of hydrogen-bond donors (Lipinski definition) is 3. The number of halogens is 1. The molecule has 0 bridgehead atoms. The molecule has 4 N–H and O–H groups in total. The summed E-state index contributed by atoms with van der Waals surface area (Å²) in [6.45, 7) is 8.41. The molecule has 1 aliphatic rings. The summed E-state index contributed by atoms with van der Waals surface area (Å²) in [5.74, 6) is 0.918. The summed E-state index contributed by atoms with van der Waals surface area (Å²) < 4.78 is 0. The van der Waals surface area contributed by atoms with Crippen molar-refractivity contribution in [2.75, 3.05) is 23.7 Å². The van der Waals surface area contributed by atoms with Crippen LogP contribution in [-0.2, 0) is 9.59 Å². The lowest BCUT2D eigenvalue weighted by molar-refractivity contribution is -0.132. The second-order valence-electron chi connectivity index (χ2n) is 7.11. The van der Waals surface area contributed by atoms with E-state index in [-0.39, 0.29) is 36.2 Å². The number of nitrogens with two attached hydrogens (primary N) is 1. The van der Waals surface area contributed by atoms with Crippen molar-refractivity contribution in [1.82, 2.24) is 20.6 Å². The van der Waals surface area contributed by atoms with Crippen molar-refractivity contribution >= 4 is 36.0 Å². The number of hydrogen-bond acceptors (Lipinski definition) is 6. The Balaban J connectivity index is 0.00000338. The van der Waals surface area contributed by atoms with Crippen LogP contribution in [0.1, 0.15) is 40.5 Å². The fourth-order valence-corrected chi connectivity index (χ4v) is 3.27. The third kappa shape index (κ3) is 5.45. The first kappa shape index (κ1) is 22.0. The third-order valence-electron chi connectivity index (χ3n) is 4.46. The zero-order valence-corrected chi connectivity index (χ0v) is 16.6. The van der Waals surface area contributed by atoms with E-state index in [1.807, 2.05) is 6.07 Å². The predicted molar refractivity (Wildman–Crippen MR) is 104 cm³/mol. The van der Waals surface area contributed by atoms with E-state index >= 15 is 0 Å². The van der Waals surface area contributed by atoms with Crippen LogP contribution >= 0.6 is 12.4 Å². The van der Waals surface area contributed by atoms with Crippen LogP contribution in [0.15, 0.2) is 12.3 Å². The maximum Gasteiger partial charge on any atom is 0.245 e. The van der Waals surface area contributed by atoms with Crippen molar-refractivity contribution in [1.29, 1.82) is 0 Å². The number of carbonyl (C=O) groups excluding carboxylic acids is 2. The Morgan fingerprint density at radius 2 is 2.08 bits per heavy atom. The Kier molecular flexibility index (Phi) is 7.62. The van der Waals surface area contributed by atoms with Crippen molar-refractivity contribution in [3.8, 4) is 0 Å². The van der Waals surface area contributed by atoms with Gasteiger partial charge in [-0.2, -0.15) is 4.98 Å². The first-order valence-corrected chi connectivity index (χ1v) is 8.66. The lowest BCUT2D eigenvalue weighted by Gasteiger charge is -2.28. The van der Waals surface area contributed by atoms with Crippen LogP contribution in [0.4, 0.5) is 11.8 Å². The second-order valence-corrected chi connectivity index (χ2v) is 7.11. The SMILES string of the molecule is CCC[C@H]1CN(c2ccnc(N)n2)C[C@@H]1NC(=O)C(C)(C)NC(C)=O.Cl. The molecule has 0 aromatic carbocycles. The molecule has 2 heterocycles. The van der Waals surface area contributed by atoms with Gasteiger partial charge in [0, 0.05) is 26.2 Å². The van der Waals surface area contributed by atoms with Gasteiger partial charge in [-0.15, -0.1) is 12.4 Å². The summed E-state index contributed by atoms with van der Waals surface area (Å²) in [7, 11) is 0. The minimum Gasteiger partial charge on any atom is -0.368 e. The highest BCUT2D eigenvalue weighted by Crippen LogP contribution is 2.26. The molecule has 2 atom stereocenters. The van der Waals surface area contributed by atoms with E-state index in [2.05, 4.69) is 32.4 Å². The van der Waals surface area contributed by atoms with E-state index in [0.717, 1.165) is 25.2 Å². The number of amides is 2. The standard InChI is InChI=1S/C17H28N6O2.ClH/c1-5-6-12-9-23(14-7-8-19-16(18)21-14)10-13(12)20-15(25)17(3,4)22-11(2)24;/h7-8,12-13H,5-6,9-10H2,1-4H3,(H,20,25)(H,22,24)(H2,18,19,21);1H/t12-,13-;/m0./s1. The molecular formula is C17H29ClN6O2. The molecule has 0 saturated carbocycles. The average Bonchev–Trinajstić information content (AvgIpc) is 2.89. The Labute approximate surface area is 160 Å². The van der Waals surface area contributed by atoms with Crippen LogP contribution in [0.25, 0.3) is 0 Å². The number of anilines is 2. The maximum atomic E-state index is 12.6. The fourth-order valence-electron chi connectivity index (χ4n) is 3.27. The van der Waals surface area contributed by atoms with E-state index in [1.165, 1.54) is 6.92 Å². The zero-order chi connectivity index (χ0) is 18.6. The molecule has 0 spiro atoms. The number of rotatable bonds is 6. The number of carbonyl (C=O) groups is 2. The number of nitrogen functional groups attached to an aromatic ring is 1. The van der Waals surface area contributed by atoms with E-state index in [0.29, 0.717) is 12.5 Å². The van der Waals surface area contributed by atoms with Gasteiger partial charge >= 0.3 is 0 Å². The highest BCUT2D eigenvalue weighted by Gasteiger charge is 2.37. The van der Waals surface area contributed by atoms with Gasteiger partial charge in [0.05, 0.1) is 6.04 Å². The molecule has 1 saturated heterocycles. The van der Waals surface area contributed by atoms with Crippen LogP contribution in [0.5, 0.6) is 0 Å². The van der Waals surface area contributed by atoms with Crippen molar-refractivity contribution in [2.24, 2.45) is 5.92 Å². The van der Waals surface area contributed by atoms with Gasteiger partial charge in [0.15, 0.2) is 0 Å².